The average Bonchev–Trinajstić information content (AvgIpc) is 2.86. The van der Waals surface area contributed by atoms with Crippen molar-refractivity contribution in [3.63, 3.8) is 0 Å². The predicted molar refractivity (Wildman–Crippen MR) is 74.5 cm³/mol. The molecule has 3 N–H and O–H groups in total. The second-order valence-electron chi connectivity index (χ2n) is 5.38. The molecule has 18 heavy (non-hydrogen) atoms. The van der Waals surface area contributed by atoms with Crippen LogP contribution in [0.25, 0.3) is 0 Å². The molecule has 1 aromatic carbocycles. The third-order valence-corrected chi connectivity index (χ3v) is 4.00. The molecular formula is C15H22N2O. The Labute approximate surface area is 109 Å². The summed E-state index contributed by atoms with van der Waals surface area (Å²) >= 11 is 0. The summed E-state index contributed by atoms with van der Waals surface area (Å²) in [6.07, 6.45) is 5.07. The number of nitrogen functional groups attached to an aromatic ring is 1. The average molecular weight is 246 g/mol. The summed E-state index contributed by atoms with van der Waals surface area (Å²) in [4.78, 5) is 12.1. The Morgan fingerprint density at radius 2 is 2.06 bits per heavy atom. The van der Waals surface area contributed by atoms with Gasteiger partial charge in [0.2, 0.25) is 0 Å². The van der Waals surface area contributed by atoms with E-state index < -0.39 is 0 Å². The standard InChI is InChI=1S/C15H22N2O/c1-10-9-13(7-8-14(10)16)15(18)17-11(2)12-5-3-4-6-12/h7-9,11-12H,3-6,16H2,1-2H3,(H,17,18)/t11-/m1/s1. The molecule has 1 aliphatic carbocycles. The molecule has 1 amide bonds. The topological polar surface area (TPSA) is 55.1 Å². The number of nitrogens with two attached hydrogens (primary N) is 1. The van der Waals surface area contributed by atoms with Crippen molar-refractivity contribution in [2.75, 3.05) is 5.73 Å². The highest BCUT2D eigenvalue weighted by Gasteiger charge is 2.23. The molecule has 0 aliphatic heterocycles. The SMILES string of the molecule is Cc1cc(C(=O)N[C@H](C)C2CCCC2)ccc1N. The maximum absolute atomic E-state index is 12.1. The van der Waals surface area contributed by atoms with Crippen LogP contribution in [0.1, 0.15) is 48.5 Å². The minimum atomic E-state index is 0.0116. The highest BCUT2D eigenvalue weighted by atomic mass is 16.1. The molecule has 0 spiro atoms. The fourth-order valence-electron chi connectivity index (χ4n) is 2.68. The maximum Gasteiger partial charge on any atom is 0.251 e. The van der Waals surface area contributed by atoms with Crippen LogP contribution in [-0.4, -0.2) is 11.9 Å². The number of amides is 1. The third-order valence-electron chi connectivity index (χ3n) is 4.00. The van der Waals surface area contributed by atoms with Crippen molar-refractivity contribution < 1.29 is 4.79 Å². The van der Waals surface area contributed by atoms with Crippen molar-refractivity contribution in [1.82, 2.24) is 5.32 Å². The highest BCUT2D eigenvalue weighted by molar-refractivity contribution is 5.95. The zero-order chi connectivity index (χ0) is 13.1. The van der Waals surface area contributed by atoms with Crippen molar-refractivity contribution in [2.45, 2.75) is 45.6 Å². The fourth-order valence-corrected chi connectivity index (χ4v) is 2.68. The van der Waals surface area contributed by atoms with Crippen LogP contribution in [0.15, 0.2) is 18.2 Å². The smallest absolute Gasteiger partial charge is 0.251 e. The van der Waals surface area contributed by atoms with Gasteiger partial charge in [-0.25, -0.2) is 0 Å². The second kappa shape index (κ2) is 5.42. The van der Waals surface area contributed by atoms with Gasteiger partial charge in [-0.15, -0.1) is 0 Å². The summed E-state index contributed by atoms with van der Waals surface area (Å²) in [6.45, 7) is 4.03. The number of carbonyl (C=O) groups excluding carboxylic acids is 1. The van der Waals surface area contributed by atoms with Crippen LogP contribution in [0.3, 0.4) is 0 Å². The lowest BCUT2D eigenvalue weighted by molar-refractivity contribution is 0.0927. The molecule has 0 heterocycles. The number of aryl methyl sites for hydroxylation is 1. The largest absolute Gasteiger partial charge is 0.399 e. The highest BCUT2D eigenvalue weighted by Crippen LogP contribution is 2.27. The third kappa shape index (κ3) is 2.84. The zero-order valence-electron chi connectivity index (χ0n) is 11.2. The Balaban J connectivity index is 2.00. The van der Waals surface area contributed by atoms with Crippen molar-refractivity contribution in [1.29, 1.82) is 0 Å². The van der Waals surface area contributed by atoms with Gasteiger partial charge in [0.05, 0.1) is 0 Å². The molecule has 2 rings (SSSR count). The van der Waals surface area contributed by atoms with Crippen LogP contribution in [-0.2, 0) is 0 Å². The second-order valence-corrected chi connectivity index (χ2v) is 5.38. The van der Waals surface area contributed by atoms with Gasteiger partial charge in [-0.05, 0) is 56.4 Å². The molecule has 3 heteroatoms. The summed E-state index contributed by atoms with van der Waals surface area (Å²) in [7, 11) is 0. The molecule has 0 radical (unpaired) electrons. The van der Waals surface area contributed by atoms with E-state index in [0.717, 1.165) is 11.3 Å². The Kier molecular flexibility index (Phi) is 3.90. The molecule has 0 unspecified atom stereocenters. The monoisotopic (exact) mass is 246 g/mol. The summed E-state index contributed by atoms with van der Waals surface area (Å²) in [5.74, 6) is 0.654. The number of benzene rings is 1. The number of hydrogen-bond acceptors (Lipinski definition) is 2. The molecule has 98 valence electrons. The molecule has 1 atom stereocenters. The van der Waals surface area contributed by atoms with E-state index in [1.807, 2.05) is 13.0 Å². The van der Waals surface area contributed by atoms with Gasteiger partial charge in [0.1, 0.15) is 0 Å². The first kappa shape index (κ1) is 12.9. The van der Waals surface area contributed by atoms with E-state index in [0.29, 0.717) is 11.5 Å². The summed E-state index contributed by atoms with van der Waals surface area (Å²) in [5.41, 5.74) is 8.15. The number of anilines is 1. The lowest BCUT2D eigenvalue weighted by Gasteiger charge is -2.20. The molecular weight excluding hydrogens is 224 g/mol. The van der Waals surface area contributed by atoms with Gasteiger partial charge in [0, 0.05) is 17.3 Å². The van der Waals surface area contributed by atoms with Gasteiger partial charge in [-0.2, -0.15) is 0 Å². The number of carbonyl (C=O) groups is 1. The zero-order valence-corrected chi connectivity index (χ0v) is 11.2. The van der Waals surface area contributed by atoms with E-state index in [1.54, 1.807) is 12.1 Å². The summed E-state index contributed by atoms with van der Waals surface area (Å²) in [6, 6.07) is 5.70. The minimum absolute atomic E-state index is 0.0116. The van der Waals surface area contributed by atoms with Crippen molar-refractivity contribution >= 4 is 11.6 Å². The van der Waals surface area contributed by atoms with Crippen LogP contribution in [0, 0.1) is 12.8 Å². The molecule has 1 saturated carbocycles. The molecule has 1 aliphatic rings. The van der Waals surface area contributed by atoms with E-state index in [4.69, 9.17) is 5.73 Å². The lowest BCUT2D eigenvalue weighted by Crippen LogP contribution is -2.37. The fraction of sp³-hybridized carbons (Fsp3) is 0.533. The van der Waals surface area contributed by atoms with Crippen LogP contribution in [0.2, 0.25) is 0 Å². The summed E-state index contributed by atoms with van der Waals surface area (Å²) in [5, 5.41) is 3.11. The Morgan fingerprint density at radius 3 is 2.67 bits per heavy atom. The van der Waals surface area contributed by atoms with Crippen LogP contribution in [0.5, 0.6) is 0 Å². The number of nitrogens with one attached hydrogen (secondary N) is 1. The first-order valence-corrected chi connectivity index (χ1v) is 6.75. The van der Waals surface area contributed by atoms with Crippen LogP contribution in [0.4, 0.5) is 5.69 Å². The number of hydrogen-bond donors (Lipinski definition) is 2. The lowest BCUT2D eigenvalue weighted by atomic mass is 9.99. The number of rotatable bonds is 3. The van der Waals surface area contributed by atoms with Gasteiger partial charge >= 0.3 is 0 Å². The van der Waals surface area contributed by atoms with Gasteiger partial charge in [0.15, 0.2) is 0 Å². The van der Waals surface area contributed by atoms with Crippen molar-refractivity contribution in [3.8, 4) is 0 Å². The van der Waals surface area contributed by atoms with E-state index >= 15 is 0 Å². The van der Waals surface area contributed by atoms with E-state index in [2.05, 4.69) is 12.2 Å². The Morgan fingerprint density at radius 1 is 1.39 bits per heavy atom. The van der Waals surface area contributed by atoms with Crippen LogP contribution >= 0.6 is 0 Å². The van der Waals surface area contributed by atoms with E-state index in [-0.39, 0.29) is 11.9 Å². The molecule has 0 saturated heterocycles. The minimum Gasteiger partial charge on any atom is -0.399 e. The van der Waals surface area contributed by atoms with Gasteiger partial charge in [0.25, 0.3) is 5.91 Å². The first-order valence-electron chi connectivity index (χ1n) is 6.75. The van der Waals surface area contributed by atoms with Crippen LogP contribution < -0.4 is 11.1 Å². The maximum atomic E-state index is 12.1. The van der Waals surface area contributed by atoms with E-state index in [9.17, 15) is 4.79 Å². The van der Waals surface area contributed by atoms with Gasteiger partial charge in [-0.1, -0.05) is 12.8 Å². The molecule has 3 nitrogen and oxygen atoms in total. The van der Waals surface area contributed by atoms with Crippen molar-refractivity contribution in [2.24, 2.45) is 5.92 Å². The predicted octanol–water partition coefficient (Wildman–Crippen LogP) is 2.89. The first-order chi connectivity index (χ1) is 8.58. The molecule has 0 aromatic heterocycles. The normalized spacial score (nSPS) is 17.7. The Bertz CT molecular complexity index is 436. The van der Waals surface area contributed by atoms with Crippen molar-refractivity contribution in [3.05, 3.63) is 29.3 Å². The quantitative estimate of drug-likeness (QED) is 0.806. The van der Waals surface area contributed by atoms with E-state index in [1.165, 1.54) is 25.7 Å². The van der Waals surface area contributed by atoms with Gasteiger partial charge in [-0.3, -0.25) is 4.79 Å². The Hall–Kier alpha value is -1.51. The van der Waals surface area contributed by atoms with Gasteiger partial charge < -0.3 is 11.1 Å². The molecule has 0 bridgehead atoms. The molecule has 1 aromatic rings. The summed E-state index contributed by atoms with van der Waals surface area (Å²) < 4.78 is 0. The molecule has 1 fully saturated rings.